The molecule has 2 aromatic rings. The van der Waals surface area contributed by atoms with Crippen LogP contribution in [0.1, 0.15) is 18.1 Å². The van der Waals surface area contributed by atoms with Gasteiger partial charge in [0.2, 0.25) is 5.91 Å². The molecule has 0 unspecified atom stereocenters. The number of nitrogens with one attached hydrogen (secondary N) is 2. The molecule has 0 radical (unpaired) electrons. The summed E-state index contributed by atoms with van der Waals surface area (Å²) in [5.41, 5.74) is 2.24. The summed E-state index contributed by atoms with van der Waals surface area (Å²) in [7, 11) is 2.99. The highest BCUT2D eigenvalue weighted by atomic mass is 16.5. The highest BCUT2D eigenvalue weighted by molar-refractivity contribution is 6.16. The first-order chi connectivity index (χ1) is 14.5. The highest BCUT2D eigenvalue weighted by Gasteiger charge is 2.35. The Morgan fingerprint density at radius 1 is 1.10 bits per heavy atom. The molecule has 1 saturated heterocycles. The first-order valence-corrected chi connectivity index (χ1v) is 9.41. The number of hydrogen-bond acceptors (Lipinski definition) is 5. The largest absolute Gasteiger partial charge is 0.493 e. The number of rotatable bonds is 7. The number of hydrogen-bond donors (Lipinski definition) is 2. The summed E-state index contributed by atoms with van der Waals surface area (Å²) >= 11 is 0. The quantitative estimate of drug-likeness (QED) is 0.541. The van der Waals surface area contributed by atoms with Crippen LogP contribution < -0.4 is 20.1 Å². The molecule has 0 bridgehead atoms. The number of imide groups is 1. The van der Waals surface area contributed by atoms with Crippen molar-refractivity contribution in [1.29, 1.82) is 0 Å². The van der Waals surface area contributed by atoms with Crippen LogP contribution in [-0.4, -0.2) is 43.5 Å². The van der Waals surface area contributed by atoms with Gasteiger partial charge in [-0.05, 0) is 30.2 Å². The molecule has 8 heteroatoms. The Labute approximate surface area is 174 Å². The van der Waals surface area contributed by atoms with Gasteiger partial charge in [-0.15, -0.1) is 0 Å². The Morgan fingerprint density at radius 3 is 2.57 bits per heavy atom. The SMILES string of the molecule is CCc1ccccc1NC(=O)CN1C(=O)N/C(=C/c2cccc(OC)c2OC)C1=O. The molecular formula is C22H23N3O5. The van der Waals surface area contributed by atoms with Crippen LogP contribution in [0, 0.1) is 0 Å². The minimum atomic E-state index is -0.660. The fourth-order valence-corrected chi connectivity index (χ4v) is 3.18. The summed E-state index contributed by atoms with van der Waals surface area (Å²) in [4.78, 5) is 38.3. The zero-order chi connectivity index (χ0) is 21.7. The van der Waals surface area contributed by atoms with Crippen molar-refractivity contribution in [2.24, 2.45) is 0 Å². The van der Waals surface area contributed by atoms with Gasteiger partial charge in [-0.3, -0.25) is 9.59 Å². The van der Waals surface area contributed by atoms with Crippen LogP contribution in [0.5, 0.6) is 11.5 Å². The third kappa shape index (κ3) is 4.27. The second-order valence-electron chi connectivity index (χ2n) is 6.52. The highest BCUT2D eigenvalue weighted by Crippen LogP contribution is 2.32. The maximum absolute atomic E-state index is 12.7. The summed E-state index contributed by atoms with van der Waals surface area (Å²) < 4.78 is 10.6. The lowest BCUT2D eigenvalue weighted by atomic mass is 10.1. The number of para-hydroxylation sites is 2. The van der Waals surface area contributed by atoms with E-state index < -0.39 is 24.4 Å². The molecule has 3 rings (SSSR count). The van der Waals surface area contributed by atoms with Crippen molar-refractivity contribution in [1.82, 2.24) is 10.2 Å². The second kappa shape index (κ2) is 9.13. The lowest BCUT2D eigenvalue weighted by Crippen LogP contribution is -2.38. The molecule has 0 aromatic heterocycles. The van der Waals surface area contributed by atoms with E-state index in [1.54, 1.807) is 24.3 Å². The molecule has 156 valence electrons. The van der Waals surface area contributed by atoms with Crippen LogP contribution in [0.3, 0.4) is 0 Å². The third-order valence-electron chi connectivity index (χ3n) is 4.67. The van der Waals surface area contributed by atoms with Crippen LogP contribution in [0.15, 0.2) is 48.2 Å². The zero-order valence-corrected chi connectivity index (χ0v) is 17.0. The Balaban J connectivity index is 1.77. The fraction of sp³-hybridized carbons (Fsp3) is 0.227. The summed E-state index contributed by atoms with van der Waals surface area (Å²) in [5.74, 6) is -0.125. The van der Waals surface area contributed by atoms with E-state index >= 15 is 0 Å². The number of nitrogens with zero attached hydrogens (tertiary/aromatic N) is 1. The molecule has 0 aliphatic carbocycles. The predicted molar refractivity (Wildman–Crippen MR) is 112 cm³/mol. The van der Waals surface area contributed by atoms with Crippen LogP contribution in [0.25, 0.3) is 6.08 Å². The van der Waals surface area contributed by atoms with Crippen LogP contribution in [0.2, 0.25) is 0 Å². The molecule has 1 heterocycles. The van der Waals surface area contributed by atoms with Gasteiger partial charge >= 0.3 is 6.03 Å². The lowest BCUT2D eigenvalue weighted by Gasteiger charge is -2.13. The van der Waals surface area contributed by atoms with Crippen molar-refractivity contribution < 1.29 is 23.9 Å². The van der Waals surface area contributed by atoms with Gasteiger partial charge in [0.15, 0.2) is 11.5 Å². The normalized spacial score (nSPS) is 14.6. The molecule has 4 amide bonds. The molecular weight excluding hydrogens is 386 g/mol. The van der Waals surface area contributed by atoms with E-state index in [0.29, 0.717) is 22.7 Å². The smallest absolute Gasteiger partial charge is 0.329 e. The number of carbonyl (C=O) groups excluding carboxylic acids is 3. The van der Waals surface area contributed by atoms with Crippen molar-refractivity contribution in [2.75, 3.05) is 26.1 Å². The monoisotopic (exact) mass is 409 g/mol. The minimum Gasteiger partial charge on any atom is -0.493 e. The first kappa shape index (κ1) is 20.9. The maximum Gasteiger partial charge on any atom is 0.329 e. The van der Waals surface area contributed by atoms with Crippen molar-refractivity contribution in [3.63, 3.8) is 0 Å². The molecule has 30 heavy (non-hydrogen) atoms. The van der Waals surface area contributed by atoms with E-state index in [4.69, 9.17) is 9.47 Å². The third-order valence-corrected chi connectivity index (χ3v) is 4.67. The molecule has 2 N–H and O–H groups in total. The molecule has 1 fully saturated rings. The molecule has 1 aliphatic rings. The number of methoxy groups -OCH3 is 2. The van der Waals surface area contributed by atoms with Gasteiger partial charge in [0.25, 0.3) is 5.91 Å². The van der Waals surface area contributed by atoms with Gasteiger partial charge < -0.3 is 20.1 Å². The summed E-state index contributed by atoms with van der Waals surface area (Å²) in [6.07, 6.45) is 2.24. The van der Waals surface area contributed by atoms with Crippen molar-refractivity contribution in [3.8, 4) is 11.5 Å². The summed E-state index contributed by atoms with van der Waals surface area (Å²) in [5, 5.41) is 5.26. The topological polar surface area (TPSA) is 97.0 Å². The standard InChI is InChI=1S/C22H23N3O5/c1-4-14-8-5-6-10-16(14)23-19(26)13-25-21(27)17(24-22(25)28)12-15-9-7-11-18(29-2)20(15)30-3/h5-12H,4,13H2,1-3H3,(H,23,26)(H,24,28)/b17-12+. The van der Waals surface area contributed by atoms with Crippen LogP contribution >= 0.6 is 0 Å². The number of anilines is 1. The van der Waals surface area contributed by atoms with Gasteiger partial charge in [0, 0.05) is 11.3 Å². The summed E-state index contributed by atoms with van der Waals surface area (Å²) in [6, 6.07) is 11.9. The average Bonchev–Trinajstić information content (AvgIpc) is 3.01. The maximum atomic E-state index is 12.7. The minimum absolute atomic E-state index is 0.0494. The van der Waals surface area contributed by atoms with Gasteiger partial charge in [-0.1, -0.05) is 37.3 Å². The van der Waals surface area contributed by atoms with Crippen molar-refractivity contribution in [2.45, 2.75) is 13.3 Å². The molecule has 1 aliphatic heterocycles. The number of ether oxygens (including phenoxy) is 2. The van der Waals surface area contributed by atoms with Crippen molar-refractivity contribution in [3.05, 3.63) is 59.3 Å². The van der Waals surface area contributed by atoms with Crippen molar-refractivity contribution >= 4 is 29.6 Å². The molecule has 0 spiro atoms. The van der Waals surface area contributed by atoms with E-state index in [0.717, 1.165) is 16.9 Å². The Bertz CT molecular complexity index is 1020. The number of urea groups is 1. The van der Waals surface area contributed by atoms with E-state index in [2.05, 4.69) is 10.6 Å². The van der Waals surface area contributed by atoms with E-state index in [-0.39, 0.29) is 5.70 Å². The van der Waals surface area contributed by atoms with E-state index in [9.17, 15) is 14.4 Å². The Kier molecular flexibility index (Phi) is 6.36. The second-order valence-corrected chi connectivity index (χ2v) is 6.52. The average molecular weight is 409 g/mol. The Hall–Kier alpha value is -3.81. The van der Waals surface area contributed by atoms with Gasteiger partial charge in [0.1, 0.15) is 12.2 Å². The summed E-state index contributed by atoms with van der Waals surface area (Å²) in [6.45, 7) is 1.58. The van der Waals surface area contributed by atoms with Gasteiger partial charge in [0.05, 0.1) is 14.2 Å². The predicted octanol–water partition coefficient (Wildman–Crippen LogP) is 2.80. The number of carbonyl (C=O) groups is 3. The zero-order valence-electron chi connectivity index (χ0n) is 17.0. The molecule has 8 nitrogen and oxygen atoms in total. The number of benzene rings is 2. The fourth-order valence-electron chi connectivity index (χ4n) is 3.18. The van der Waals surface area contributed by atoms with E-state index in [1.807, 2.05) is 25.1 Å². The van der Waals surface area contributed by atoms with Crippen LogP contribution in [0.4, 0.5) is 10.5 Å². The Morgan fingerprint density at radius 2 is 1.87 bits per heavy atom. The van der Waals surface area contributed by atoms with Gasteiger partial charge in [-0.2, -0.15) is 0 Å². The molecule has 0 atom stereocenters. The lowest BCUT2D eigenvalue weighted by molar-refractivity contribution is -0.127. The molecule has 0 saturated carbocycles. The molecule has 2 aromatic carbocycles. The first-order valence-electron chi connectivity index (χ1n) is 9.41. The van der Waals surface area contributed by atoms with Gasteiger partial charge in [-0.25, -0.2) is 9.69 Å². The van der Waals surface area contributed by atoms with Crippen LogP contribution in [-0.2, 0) is 16.0 Å². The number of amides is 4. The van der Waals surface area contributed by atoms with E-state index in [1.165, 1.54) is 20.3 Å². The number of aryl methyl sites for hydroxylation is 1.